The maximum Gasteiger partial charge on any atom is 0.191 e. The number of hydrogen-bond donors (Lipinski definition) is 2. The van der Waals surface area contributed by atoms with Crippen LogP contribution in [-0.4, -0.2) is 44.1 Å². The number of likely N-dealkylation sites (N-methyl/N-ethyl adjacent to an activating group) is 1. The van der Waals surface area contributed by atoms with Crippen LogP contribution >= 0.6 is 11.3 Å². The van der Waals surface area contributed by atoms with E-state index in [0.717, 1.165) is 32.1 Å². The van der Waals surface area contributed by atoms with Gasteiger partial charge in [0, 0.05) is 29.9 Å². The van der Waals surface area contributed by atoms with E-state index in [9.17, 15) is 0 Å². The van der Waals surface area contributed by atoms with Crippen LogP contribution in [0.25, 0.3) is 0 Å². The maximum absolute atomic E-state index is 4.26. The molecule has 0 amide bonds. The van der Waals surface area contributed by atoms with Crippen molar-refractivity contribution in [3.8, 4) is 0 Å². The van der Waals surface area contributed by atoms with Crippen LogP contribution in [0.5, 0.6) is 0 Å². The van der Waals surface area contributed by atoms with Gasteiger partial charge < -0.3 is 15.5 Å². The van der Waals surface area contributed by atoms with E-state index in [1.165, 1.54) is 22.7 Å². The Balaban J connectivity index is 2.26. The van der Waals surface area contributed by atoms with Gasteiger partial charge in [0.2, 0.25) is 0 Å². The van der Waals surface area contributed by atoms with Gasteiger partial charge in [-0.1, -0.05) is 13.8 Å². The van der Waals surface area contributed by atoms with E-state index >= 15 is 0 Å². The largest absolute Gasteiger partial charge is 0.355 e. The summed E-state index contributed by atoms with van der Waals surface area (Å²) in [6.07, 6.45) is 1.21. The molecule has 4 nitrogen and oxygen atoms in total. The van der Waals surface area contributed by atoms with E-state index in [0.29, 0.717) is 0 Å². The van der Waals surface area contributed by atoms with Crippen LogP contribution < -0.4 is 10.6 Å². The lowest BCUT2D eigenvalue weighted by molar-refractivity contribution is 0.293. The Morgan fingerprint density at radius 2 is 2.05 bits per heavy atom. The van der Waals surface area contributed by atoms with Crippen molar-refractivity contribution in [2.75, 3.05) is 33.2 Å². The number of thiophene rings is 1. The van der Waals surface area contributed by atoms with Gasteiger partial charge >= 0.3 is 0 Å². The molecule has 2 N–H and O–H groups in total. The lowest BCUT2D eigenvalue weighted by atomic mass is 10.4. The van der Waals surface area contributed by atoms with Gasteiger partial charge in [-0.15, -0.1) is 11.3 Å². The Labute approximate surface area is 127 Å². The third kappa shape index (κ3) is 6.39. The van der Waals surface area contributed by atoms with Crippen molar-refractivity contribution in [3.05, 3.63) is 21.9 Å². The van der Waals surface area contributed by atoms with Crippen LogP contribution in [0.15, 0.2) is 17.1 Å². The highest BCUT2D eigenvalue weighted by atomic mass is 32.1. The molecule has 0 saturated heterocycles. The molecule has 0 atom stereocenters. The number of rotatable bonds is 8. The van der Waals surface area contributed by atoms with Crippen LogP contribution in [0.1, 0.15) is 30.0 Å². The van der Waals surface area contributed by atoms with E-state index < -0.39 is 0 Å². The Bertz CT molecular complexity index is 400. The second-order valence-electron chi connectivity index (χ2n) is 4.80. The summed E-state index contributed by atoms with van der Waals surface area (Å²) in [6, 6.07) is 4.32. The van der Waals surface area contributed by atoms with Crippen LogP contribution in [0, 0.1) is 6.92 Å². The van der Waals surface area contributed by atoms with Crippen molar-refractivity contribution < 1.29 is 0 Å². The van der Waals surface area contributed by atoms with Gasteiger partial charge in [-0.05, 0) is 38.6 Å². The molecule has 1 aromatic rings. The van der Waals surface area contributed by atoms with Gasteiger partial charge in [0.15, 0.2) is 5.96 Å². The average molecular weight is 296 g/mol. The molecule has 1 rings (SSSR count). The minimum atomic E-state index is 0.838. The maximum atomic E-state index is 4.26. The minimum Gasteiger partial charge on any atom is -0.355 e. The molecule has 1 heterocycles. The molecule has 0 aliphatic rings. The highest BCUT2D eigenvalue weighted by Gasteiger charge is 2.02. The zero-order valence-electron chi connectivity index (χ0n) is 13.2. The van der Waals surface area contributed by atoms with Gasteiger partial charge in [-0.3, -0.25) is 4.99 Å². The van der Waals surface area contributed by atoms with Crippen LogP contribution in [-0.2, 0) is 6.54 Å². The van der Waals surface area contributed by atoms with E-state index in [2.05, 4.69) is 53.4 Å². The fraction of sp³-hybridized carbons (Fsp3) is 0.667. The molecule has 0 unspecified atom stereocenters. The summed E-state index contributed by atoms with van der Waals surface area (Å²) in [4.78, 5) is 9.40. The fourth-order valence-corrected chi connectivity index (χ4v) is 2.88. The molecule has 0 fully saturated rings. The van der Waals surface area contributed by atoms with Gasteiger partial charge in [0.05, 0.1) is 6.54 Å². The lowest BCUT2D eigenvalue weighted by Crippen LogP contribution is -2.41. The van der Waals surface area contributed by atoms with E-state index in [4.69, 9.17) is 0 Å². The van der Waals surface area contributed by atoms with Gasteiger partial charge in [0.25, 0.3) is 0 Å². The Kier molecular flexibility index (Phi) is 8.30. The fourth-order valence-electron chi connectivity index (χ4n) is 2.05. The Morgan fingerprint density at radius 3 is 2.60 bits per heavy atom. The summed E-state index contributed by atoms with van der Waals surface area (Å²) < 4.78 is 0. The monoisotopic (exact) mass is 296 g/mol. The normalized spacial score (nSPS) is 11.9. The molecule has 5 heteroatoms. The van der Waals surface area contributed by atoms with Crippen molar-refractivity contribution in [2.45, 2.75) is 33.7 Å². The van der Waals surface area contributed by atoms with Crippen LogP contribution in [0.3, 0.4) is 0 Å². The minimum absolute atomic E-state index is 0.838. The average Bonchev–Trinajstić information content (AvgIpc) is 2.87. The molecule has 20 heavy (non-hydrogen) atoms. The SMILES string of the molecule is CCCN(CC)CCNC(=NC)NCc1ccc(C)s1. The predicted octanol–water partition coefficient (Wildman–Crippen LogP) is 2.45. The molecule has 0 aliphatic heterocycles. The van der Waals surface area contributed by atoms with Crippen molar-refractivity contribution in [3.63, 3.8) is 0 Å². The first-order chi connectivity index (χ1) is 9.69. The molecule has 0 aromatic carbocycles. The topological polar surface area (TPSA) is 39.7 Å². The van der Waals surface area contributed by atoms with E-state index in [-0.39, 0.29) is 0 Å². The zero-order chi connectivity index (χ0) is 14.8. The summed E-state index contributed by atoms with van der Waals surface area (Å²) in [5, 5.41) is 6.73. The van der Waals surface area contributed by atoms with Crippen molar-refractivity contribution in [1.82, 2.24) is 15.5 Å². The molecular formula is C15H28N4S. The van der Waals surface area contributed by atoms with Crippen molar-refractivity contribution in [2.24, 2.45) is 4.99 Å². The number of hydrogen-bond acceptors (Lipinski definition) is 3. The molecule has 0 bridgehead atoms. The van der Waals surface area contributed by atoms with E-state index in [1.54, 1.807) is 0 Å². The number of guanidine groups is 1. The van der Waals surface area contributed by atoms with E-state index in [1.807, 2.05) is 18.4 Å². The smallest absolute Gasteiger partial charge is 0.191 e. The number of aliphatic imine (C=N–C) groups is 1. The lowest BCUT2D eigenvalue weighted by Gasteiger charge is -2.20. The summed E-state index contributed by atoms with van der Waals surface area (Å²) >= 11 is 1.83. The number of nitrogens with one attached hydrogen (secondary N) is 2. The van der Waals surface area contributed by atoms with Crippen LogP contribution in [0.4, 0.5) is 0 Å². The van der Waals surface area contributed by atoms with Crippen molar-refractivity contribution >= 4 is 17.3 Å². The summed E-state index contributed by atoms with van der Waals surface area (Å²) in [6.45, 7) is 11.7. The first kappa shape index (κ1) is 17.0. The van der Waals surface area contributed by atoms with Gasteiger partial charge in [0.1, 0.15) is 0 Å². The molecule has 114 valence electrons. The first-order valence-electron chi connectivity index (χ1n) is 7.41. The standard InChI is InChI=1S/C15H28N4S/c1-5-10-19(6-2)11-9-17-15(16-4)18-12-14-8-7-13(3)20-14/h7-8H,5-6,9-12H2,1-4H3,(H2,16,17,18). The van der Waals surface area contributed by atoms with Crippen molar-refractivity contribution in [1.29, 1.82) is 0 Å². The third-order valence-corrected chi connectivity index (χ3v) is 4.16. The quantitative estimate of drug-likeness (QED) is 0.572. The summed E-state index contributed by atoms with van der Waals surface area (Å²) in [5.41, 5.74) is 0. The molecule has 0 spiro atoms. The Hall–Kier alpha value is -1.07. The summed E-state index contributed by atoms with van der Waals surface area (Å²) in [7, 11) is 1.82. The first-order valence-corrected chi connectivity index (χ1v) is 8.23. The Morgan fingerprint density at radius 1 is 1.25 bits per heavy atom. The highest BCUT2D eigenvalue weighted by molar-refractivity contribution is 7.11. The second-order valence-corrected chi connectivity index (χ2v) is 6.17. The zero-order valence-corrected chi connectivity index (χ0v) is 14.0. The predicted molar refractivity (Wildman–Crippen MR) is 89.7 cm³/mol. The molecule has 1 aromatic heterocycles. The molecular weight excluding hydrogens is 268 g/mol. The molecule has 0 radical (unpaired) electrons. The van der Waals surface area contributed by atoms with Gasteiger partial charge in [-0.25, -0.2) is 0 Å². The van der Waals surface area contributed by atoms with Crippen LogP contribution in [0.2, 0.25) is 0 Å². The third-order valence-electron chi connectivity index (χ3n) is 3.16. The molecule has 0 aliphatic carbocycles. The summed E-state index contributed by atoms with van der Waals surface area (Å²) in [5.74, 6) is 0.878. The highest BCUT2D eigenvalue weighted by Crippen LogP contribution is 2.14. The van der Waals surface area contributed by atoms with Gasteiger partial charge in [-0.2, -0.15) is 0 Å². The molecule has 0 saturated carbocycles. The second kappa shape index (κ2) is 9.77. The number of aryl methyl sites for hydroxylation is 1. The number of nitrogens with zero attached hydrogens (tertiary/aromatic N) is 2.